The third-order valence-corrected chi connectivity index (χ3v) is 5.69. The lowest BCUT2D eigenvalue weighted by molar-refractivity contribution is 0.142. The molecule has 186 valence electrons. The predicted octanol–water partition coefficient (Wildman–Crippen LogP) is 1.58. The SMILES string of the molecule is N#CCCC1(O)CC1.N#CCCC1(OS(N)(=O)=O)CC1.NS(=O)(=O)Cl.OC1(CCBr)CC1. The quantitative estimate of drug-likeness (QED) is 0.241. The Kier molecular flexibility index (Phi) is 13.1. The van der Waals surface area contributed by atoms with Crippen molar-refractivity contribution < 1.29 is 31.2 Å². The topological polar surface area (TPSA) is 218 Å². The minimum Gasteiger partial charge on any atom is -0.390 e. The van der Waals surface area contributed by atoms with Crippen molar-refractivity contribution in [1.82, 2.24) is 0 Å². The zero-order valence-electron chi connectivity index (χ0n) is 17.5. The molecule has 0 unspecified atom stereocenters. The van der Waals surface area contributed by atoms with E-state index < -0.39 is 30.7 Å². The Bertz CT molecular complexity index is 868. The zero-order valence-corrected chi connectivity index (χ0v) is 21.5. The number of alkyl halides is 1. The van der Waals surface area contributed by atoms with Gasteiger partial charge in [-0.25, -0.2) is 10.3 Å². The first-order valence-corrected chi connectivity index (χ1v) is 14.7. The van der Waals surface area contributed by atoms with Gasteiger partial charge in [-0.2, -0.15) is 27.4 Å². The Morgan fingerprint density at radius 3 is 1.50 bits per heavy atom. The summed E-state index contributed by atoms with van der Waals surface area (Å²) in [6, 6.07) is 3.94. The van der Waals surface area contributed by atoms with Crippen LogP contribution in [0.4, 0.5) is 0 Å². The number of nitrogens with zero attached hydrogens (tertiary/aromatic N) is 2. The average Bonchev–Trinajstić information content (AvgIpc) is 3.55. The van der Waals surface area contributed by atoms with E-state index in [0.29, 0.717) is 38.5 Å². The molecule has 0 aromatic carbocycles. The number of hydrogen-bond donors (Lipinski definition) is 4. The summed E-state index contributed by atoms with van der Waals surface area (Å²) in [5.41, 5.74) is -1.32. The second kappa shape index (κ2) is 13.4. The number of hydrogen-bond acceptors (Lipinski definition) is 9. The molecule has 0 bridgehead atoms. The van der Waals surface area contributed by atoms with Crippen LogP contribution >= 0.6 is 26.6 Å². The van der Waals surface area contributed by atoms with Gasteiger partial charge in [0.1, 0.15) is 0 Å². The van der Waals surface area contributed by atoms with E-state index in [0.717, 1.165) is 37.4 Å². The van der Waals surface area contributed by atoms with Crippen molar-refractivity contribution in [2.75, 3.05) is 5.33 Å². The summed E-state index contributed by atoms with van der Waals surface area (Å²) in [7, 11) is -3.27. The molecule has 15 heteroatoms. The first-order chi connectivity index (χ1) is 14.5. The summed E-state index contributed by atoms with van der Waals surface area (Å²) in [6.07, 6.45) is 8.00. The number of rotatable bonds is 8. The third kappa shape index (κ3) is 20.1. The van der Waals surface area contributed by atoms with Gasteiger partial charge >= 0.3 is 10.3 Å². The van der Waals surface area contributed by atoms with Crippen molar-refractivity contribution in [2.24, 2.45) is 10.3 Å². The van der Waals surface area contributed by atoms with E-state index in [-0.39, 0.29) is 5.60 Å². The maximum absolute atomic E-state index is 10.5. The first kappa shape index (κ1) is 31.4. The fourth-order valence-corrected chi connectivity index (χ4v) is 3.78. The summed E-state index contributed by atoms with van der Waals surface area (Å²) in [6.45, 7) is 0. The summed E-state index contributed by atoms with van der Waals surface area (Å²) in [5, 5.41) is 44.3. The van der Waals surface area contributed by atoms with E-state index in [2.05, 4.69) is 35.9 Å². The van der Waals surface area contributed by atoms with Crippen molar-refractivity contribution >= 4 is 46.2 Å². The summed E-state index contributed by atoms with van der Waals surface area (Å²) >= 11 is 3.27. The molecule has 6 N–H and O–H groups in total. The van der Waals surface area contributed by atoms with Gasteiger partial charge in [-0.1, -0.05) is 15.9 Å². The van der Waals surface area contributed by atoms with Crippen molar-refractivity contribution in [3.05, 3.63) is 0 Å². The maximum atomic E-state index is 10.5. The number of nitriles is 2. The fraction of sp³-hybridized carbons (Fsp3) is 0.882. The second-order valence-corrected chi connectivity index (χ2v) is 12.1. The van der Waals surface area contributed by atoms with Gasteiger partial charge in [0.05, 0.1) is 28.9 Å². The molecule has 0 atom stereocenters. The van der Waals surface area contributed by atoms with Gasteiger partial charge in [-0.05, 0) is 57.8 Å². The van der Waals surface area contributed by atoms with Crippen LogP contribution in [0.3, 0.4) is 0 Å². The molecular formula is C17H30BrClN4O7S2. The van der Waals surface area contributed by atoms with Gasteiger partial charge in [0.2, 0.25) is 0 Å². The second-order valence-electron chi connectivity index (χ2n) is 7.94. The Balaban J connectivity index is 0.000000422. The third-order valence-electron chi connectivity index (χ3n) is 4.71. The average molecular weight is 582 g/mol. The lowest BCUT2D eigenvalue weighted by Gasteiger charge is -2.11. The molecular weight excluding hydrogens is 552 g/mol. The van der Waals surface area contributed by atoms with Gasteiger partial charge in [-0.15, -0.1) is 0 Å². The molecule has 0 aromatic rings. The van der Waals surface area contributed by atoms with Crippen LogP contribution in [0, 0.1) is 22.7 Å². The van der Waals surface area contributed by atoms with Crippen LogP contribution in [0.5, 0.6) is 0 Å². The van der Waals surface area contributed by atoms with Crippen LogP contribution in [-0.2, 0) is 23.7 Å². The molecule has 0 radical (unpaired) electrons. The summed E-state index contributed by atoms with van der Waals surface area (Å²) in [5.74, 6) is 0. The number of nitrogens with two attached hydrogens (primary N) is 2. The van der Waals surface area contributed by atoms with Crippen LogP contribution in [0.2, 0.25) is 0 Å². The lowest BCUT2D eigenvalue weighted by Crippen LogP contribution is -2.25. The van der Waals surface area contributed by atoms with E-state index >= 15 is 0 Å². The van der Waals surface area contributed by atoms with E-state index in [1.165, 1.54) is 0 Å². The van der Waals surface area contributed by atoms with Crippen LogP contribution < -0.4 is 10.3 Å². The fourth-order valence-electron chi connectivity index (χ4n) is 2.30. The highest BCUT2D eigenvalue weighted by Crippen LogP contribution is 2.44. The molecule has 3 saturated carbocycles. The molecule has 3 rings (SSSR count). The van der Waals surface area contributed by atoms with Crippen molar-refractivity contribution in [2.45, 2.75) is 87.4 Å². The maximum Gasteiger partial charge on any atom is 0.333 e. The van der Waals surface area contributed by atoms with Gasteiger partial charge in [0, 0.05) is 28.9 Å². The molecule has 0 amide bonds. The van der Waals surface area contributed by atoms with Crippen LogP contribution in [0.25, 0.3) is 0 Å². The number of halogens is 2. The Morgan fingerprint density at radius 2 is 1.25 bits per heavy atom. The highest BCUT2D eigenvalue weighted by atomic mass is 79.9. The molecule has 11 nitrogen and oxygen atoms in total. The molecule has 0 spiro atoms. The summed E-state index contributed by atoms with van der Waals surface area (Å²) in [4.78, 5) is 0. The zero-order chi connectivity index (χ0) is 25.1. The minimum absolute atomic E-state index is 0.247. The highest BCUT2D eigenvalue weighted by Gasteiger charge is 2.46. The largest absolute Gasteiger partial charge is 0.390 e. The van der Waals surface area contributed by atoms with E-state index in [1.54, 1.807) is 0 Å². The number of aliphatic hydroxyl groups is 2. The van der Waals surface area contributed by atoms with Crippen LogP contribution in [0.1, 0.15) is 70.6 Å². The van der Waals surface area contributed by atoms with E-state index in [4.69, 9.17) is 25.9 Å². The van der Waals surface area contributed by atoms with E-state index in [1.807, 2.05) is 12.1 Å². The molecule has 0 aliphatic heterocycles. The molecule has 32 heavy (non-hydrogen) atoms. The van der Waals surface area contributed by atoms with Crippen molar-refractivity contribution in [3.63, 3.8) is 0 Å². The molecule has 3 aliphatic rings. The van der Waals surface area contributed by atoms with Crippen LogP contribution in [0.15, 0.2) is 0 Å². The Labute approximate surface area is 202 Å². The van der Waals surface area contributed by atoms with Gasteiger partial charge in [-0.3, -0.25) is 4.18 Å². The van der Waals surface area contributed by atoms with Crippen LogP contribution in [-0.4, -0.2) is 49.2 Å². The lowest BCUT2D eigenvalue weighted by atomic mass is 10.2. The minimum atomic E-state index is -3.86. The Morgan fingerprint density at radius 1 is 0.875 bits per heavy atom. The van der Waals surface area contributed by atoms with Gasteiger partial charge < -0.3 is 10.2 Å². The molecule has 0 saturated heterocycles. The Hall–Kier alpha value is -0.550. The van der Waals surface area contributed by atoms with Crippen molar-refractivity contribution in [3.8, 4) is 12.1 Å². The summed E-state index contributed by atoms with van der Waals surface area (Å²) < 4.78 is 44.0. The predicted molar refractivity (Wildman–Crippen MR) is 122 cm³/mol. The standard InChI is InChI=1S/C6H10N2O3S.C6H9NO.C5H9BrO.ClH2NO2S/c7-5-1-2-6(3-4-6)11-12(8,9)10;7-5-1-2-6(8)3-4-6;6-4-3-5(7)1-2-5;1-5(2,3)4/h1-4H2,(H2,8,9,10);8H,1-4H2;7H,1-4H2;(H2,2,3,4). The first-order valence-electron chi connectivity index (χ1n) is 9.71. The highest BCUT2D eigenvalue weighted by molar-refractivity contribution is 9.09. The molecule has 3 aliphatic carbocycles. The molecule has 0 heterocycles. The molecule has 3 fully saturated rings. The monoisotopic (exact) mass is 580 g/mol. The molecule has 0 aromatic heterocycles. The van der Waals surface area contributed by atoms with Gasteiger partial charge in [0.25, 0.3) is 9.24 Å². The van der Waals surface area contributed by atoms with E-state index in [9.17, 15) is 16.8 Å². The smallest absolute Gasteiger partial charge is 0.333 e. The van der Waals surface area contributed by atoms with Gasteiger partial charge in [0.15, 0.2) is 0 Å². The van der Waals surface area contributed by atoms with Crippen molar-refractivity contribution in [1.29, 1.82) is 10.5 Å². The normalized spacial score (nSPS) is 20.2.